The van der Waals surface area contributed by atoms with Gasteiger partial charge in [-0.3, -0.25) is 4.57 Å². The van der Waals surface area contributed by atoms with Crippen molar-refractivity contribution in [2.45, 2.75) is 13.1 Å². The van der Waals surface area contributed by atoms with Crippen LogP contribution in [0, 0.1) is 0 Å². The molecular weight excluding hydrogens is 384 g/mol. The minimum Gasteiger partial charge on any atom is -0.306 e. The van der Waals surface area contributed by atoms with E-state index in [2.05, 4.69) is 46.0 Å². The highest BCUT2D eigenvalue weighted by molar-refractivity contribution is 5.63. The molecule has 0 saturated carbocycles. The number of aromatic nitrogens is 5. The van der Waals surface area contributed by atoms with Gasteiger partial charge < -0.3 is 5.32 Å². The quantitative estimate of drug-likeness (QED) is 0.435. The number of rotatable bonds is 7. The zero-order valence-corrected chi connectivity index (χ0v) is 17.0. The Morgan fingerprint density at radius 1 is 0.710 bits per heavy atom. The summed E-state index contributed by atoms with van der Waals surface area (Å²) in [7, 11) is 0. The summed E-state index contributed by atoms with van der Waals surface area (Å²) in [5.41, 5.74) is 5.28. The summed E-state index contributed by atoms with van der Waals surface area (Å²) < 4.78 is 3.93. The topological polar surface area (TPSA) is 60.6 Å². The first-order valence-electron chi connectivity index (χ1n) is 10.2. The summed E-state index contributed by atoms with van der Waals surface area (Å²) in [6, 6.07) is 30.6. The molecule has 152 valence electrons. The van der Waals surface area contributed by atoms with Crippen LogP contribution in [-0.2, 0) is 13.1 Å². The first-order valence-corrected chi connectivity index (χ1v) is 10.2. The van der Waals surface area contributed by atoms with Crippen molar-refractivity contribution in [2.24, 2.45) is 0 Å². The molecule has 0 atom stereocenters. The zero-order valence-electron chi connectivity index (χ0n) is 17.0. The number of nitrogens with one attached hydrogen (secondary N) is 1. The number of hydrogen-bond donors (Lipinski definition) is 1. The third kappa shape index (κ3) is 4.15. The monoisotopic (exact) mass is 406 g/mol. The third-order valence-corrected chi connectivity index (χ3v) is 5.11. The summed E-state index contributed by atoms with van der Waals surface area (Å²) in [6.07, 6.45) is 3.84. The number of benzene rings is 3. The number of hydrogen-bond acceptors (Lipinski definition) is 4. The Kier molecular flexibility index (Phi) is 5.36. The fourth-order valence-electron chi connectivity index (χ4n) is 3.58. The molecular formula is C25H22N6. The van der Waals surface area contributed by atoms with Gasteiger partial charge in [0, 0.05) is 29.6 Å². The van der Waals surface area contributed by atoms with E-state index in [1.807, 2.05) is 76.0 Å². The Balaban J connectivity index is 1.38. The Hall–Kier alpha value is -4.03. The van der Waals surface area contributed by atoms with E-state index in [4.69, 9.17) is 5.10 Å². The normalized spacial score (nSPS) is 11.0. The van der Waals surface area contributed by atoms with Gasteiger partial charge in [0.1, 0.15) is 6.33 Å². The molecule has 0 unspecified atom stereocenters. The summed E-state index contributed by atoms with van der Waals surface area (Å²) in [5, 5.41) is 16.8. The van der Waals surface area contributed by atoms with Gasteiger partial charge in [-0.1, -0.05) is 66.7 Å². The fourth-order valence-corrected chi connectivity index (χ4v) is 3.58. The standard InChI is InChI=1S/C25H22N6/c1-4-10-20(11-5-1)25-21(18-31(29-25)23-14-8-3-9-15-23)16-26-17-24-28-27-19-30(24)22-12-6-2-7-13-22/h1-15,18-19,26H,16-17H2. The molecule has 3 aromatic carbocycles. The molecule has 0 bridgehead atoms. The van der Waals surface area contributed by atoms with E-state index in [0.717, 1.165) is 34.0 Å². The van der Waals surface area contributed by atoms with Gasteiger partial charge in [0.2, 0.25) is 0 Å². The number of para-hydroxylation sites is 2. The van der Waals surface area contributed by atoms with Gasteiger partial charge in [-0.25, -0.2) is 4.68 Å². The maximum absolute atomic E-state index is 4.87. The van der Waals surface area contributed by atoms with E-state index in [1.165, 1.54) is 0 Å². The molecule has 2 aromatic heterocycles. The van der Waals surface area contributed by atoms with Crippen molar-refractivity contribution in [1.29, 1.82) is 0 Å². The average molecular weight is 406 g/mol. The fraction of sp³-hybridized carbons (Fsp3) is 0.0800. The van der Waals surface area contributed by atoms with Crippen molar-refractivity contribution in [3.63, 3.8) is 0 Å². The van der Waals surface area contributed by atoms with Crippen LogP contribution in [0.3, 0.4) is 0 Å². The van der Waals surface area contributed by atoms with E-state index in [1.54, 1.807) is 6.33 Å². The van der Waals surface area contributed by atoms with E-state index in [9.17, 15) is 0 Å². The Labute approximate surface area is 180 Å². The minimum absolute atomic E-state index is 0.597. The Bertz CT molecular complexity index is 1240. The molecule has 0 aliphatic carbocycles. The van der Waals surface area contributed by atoms with Crippen LogP contribution in [0.15, 0.2) is 104 Å². The third-order valence-electron chi connectivity index (χ3n) is 5.11. The zero-order chi connectivity index (χ0) is 20.9. The maximum Gasteiger partial charge on any atom is 0.151 e. The highest BCUT2D eigenvalue weighted by Crippen LogP contribution is 2.23. The second-order valence-corrected chi connectivity index (χ2v) is 7.21. The molecule has 6 nitrogen and oxygen atoms in total. The van der Waals surface area contributed by atoms with Crippen LogP contribution in [0.1, 0.15) is 11.4 Å². The lowest BCUT2D eigenvalue weighted by atomic mass is 10.1. The van der Waals surface area contributed by atoms with Crippen molar-refractivity contribution >= 4 is 0 Å². The second kappa shape index (κ2) is 8.77. The summed E-state index contributed by atoms with van der Waals surface area (Å²) >= 11 is 0. The van der Waals surface area contributed by atoms with Crippen LogP contribution in [0.4, 0.5) is 0 Å². The molecule has 0 aliphatic rings. The van der Waals surface area contributed by atoms with Crippen molar-refractivity contribution in [2.75, 3.05) is 0 Å². The highest BCUT2D eigenvalue weighted by Gasteiger charge is 2.13. The largest absolute Gasteiger partial charge is 0.306 e. The predicted molar refractivity (Wildman–Crippen MR) is 121 cm³/mol. The predicted octanol–water partition coefficient (Wildman–Crippen LogP) is 4.41. The summed E-state index contributed by atoms with van der Waals surface area (Å²) in [5.74, 6) is 0.864. The first kappa shape index (κ1) is 19.0. The van der Waals surface area contributed by atoms with Crippen molar-refractivity contribution in [3.05, 3.63) is 115 Å². The molecule has 0 aliphatic heterocycles. The van der Waals surface area contributed by atoms with Crippen LogP contribution >= 0.6 is 0 Å². The van der Waals surface area contributed by atoms with Crippen LogP contribution in [0.5, 0.6) is 0 Å². The van der Waals surface area contributed by atoms with Crippen LogP contribution in [0.2, 0.25) is 0 Å². The molecule has 0 radical (unpaired) electrons. The van der Waals surface area contributed by atoms with Crippen molar-refractivity contribution < 1.29 is 0 Å². The molecule has 1 N–H and O–H groups in total. The molecule has 2 heterocycles. The Morgan fingerprint density at radius 2 is 1.35 bits per heavy atom. The molecule has 5 rings (SSSR count). The SMILES string of the molecule is c1ccc(-c2nn(-c3ccccc3)cc2CNCc2nncn2-c2ccccc2)cc1. The van der Waals surface area contributed by atoms with Gasteiger partial charge in [-0.2, -0.15) is 5.10 Å². The van der Waals surface area contributed by atoms with Gasteiger partial charge in [0.15, 0.2) is 5.82 Å². The van der Waals surface area contributed by atoms with Gasteiger partial charge in [-0.15, -0.1) is 10.2 Å². The number of nitrogens with zero attached hydrogens (tertiary/aromatic N) is 5. The molecule has 0 amide bonds. The average Bonchev–Trinajstić information content (AvgIpc) is 3.48. The minimum atomic E-state index is 0.597. The van der Waals surface area contributed by atoms with Crippen LogP contribution < -0.4 is 5.32 Å². The molecule has 6 heteroatoms. The molecule has 0 spiro atoms. The highest BCUT2D eigenvalue weighted by atomic mass is 15.3. The smallest absolute Gasteiger partial charge is 0.151 e. The van der Waals surface area contributed by atoms with Crippen LogP contribution in [-0.4, -0.2) is 24.5 Å². The Morgan fingerprint density at radius 3 is 2.06 bits per heavy atom. The maximum atomic E-state index is 4.87. The summed E-state index contributed by atoms with van der Waals surface area (Å²) in [4.78, 5) is 0. The molecule has 31 heavy (non-hydrogen) atoms. The lowest BCUT2D eigenvalue weighted by molar-refractivity contribution is 0.652. The van der Waals surface area contributed by atoms with Gasteiger partial charge >= 0.3 is 0 Å². The van der Waals surface area contributed by atoms with Crippen molar-refractivity contribution in [1.82, 2.24) is 29.9 Å². The van der Waals surface area contributed by atoms with E-state index < -0.39 is 0 Å². The second-order valence-electron chi connectivity index (χ2n) is 7.21. The van der Waals surface area contributed by atoms with Crippen LogP contribution in [0.25, 0.3) is 22.6 Å². The van der Waals surface area contributed by atoms with Gasteiger partial charge in [0.25, 0.3) is 0 Å². The lowest BCUT2D eigenvalue weighted by Crippen LogP contribution is -2.16. The van der Waals surface area contributed by atoms with Gasteiger partial charge in [-0.05, 0) is 24.3 Å². The summed E-state index contributed by atoms with van der Waals surface area (Å²) in [6.45, 7) is 1.26. The first-order chi connectivity index (χ1) is 15.4. The lowest BCUT2D eigenvalue weighted by Gasteiger charge is -2.08. The van der Waals surface area contributed by atoms with Gasteiger partial charge in [0.05, 0.1) is 17.9 Å². The molecule has 0 fully saturated rings. The van der Waals surface area contributed by atoms with Crippen molar-refractivity contribution in [3.8, 4) is 22.6 Å². The molecule has 0 saturated heterocycles. The van der Waals surface area contributed by atoms with E-state index >= 15 is 0 Å². The van der Waals surface area contributed by atoms with E-state index in [-0.39, 0.29) is 0 Å². The van der Waals surface area contributed by atoms with E-state index in [0.29, 0.717) is 13.1 Å². The molecule has 5 aromatic rings.